The lowest BCUT2D eigenvalue weighted by Crippen LogP contribution is -2.24. The van der Waals surface area contributed by atoms with Crippen LogP contribution in [0.1, 0.15) is 19.8 Å². The molecule has 0 bridgehead atoms. The highest BCUT2D eigenvalue weighted by atomic mass is 19.1. The van der Waals surface area contributed by atoms with Gasteiger partial charge in [0.05, 0.1) is 12.2 Å². The van der Waals surface area contributed by atoms with Gasteiger partial charge < -0.3 is 9.30 Å². The van der Waals surface area contributed by atoms with E-state index in [4.69, 9.17) is 4.74 Å². The summed E-state index contributed by atoms with van der Waals surface area (Å²) in [6.45, 7) is 6.38. The quantitative estimate of drug-likeness (QED) is 0.771. The topological polar surface area (TPSA) is 34.5 Å². The van der Waals surface area contributed by atoms with Crippen molar-refractivity contribution in [1.29, 1.82) is 0 Å². The number of halogens is 1. The fourth-order valence-electron chi connectivity index (χ4n) is 2.61. The van der Waals surface area contributed by atoms with Gasteiger partial charge in [-0.25, -0.2) is 9.18 Å². The molecule has 3 rings (SSSR count). The SMILES string of the molecule is C=C(C)CC[C@H]1CN(c2ccn(-c3ccc(F)cc3)c2)C(=O)O1. The molecule has 0 spiro atoms. The first-order chi connectivity index (χ1) is 11.0. The van der Waals surface area contributed by atoms with Crippen LogP contribution in [0.3, 0.4) is 0 Å². The Morgan fingerprint density at radius 1 is 1.30 bits per heavy atom. The largest absolute Gasteiger partial charge is 0.444 e. The molecule has 1 aromatic heterocycles. The van der Waals surface area contributed by atoms with Crippen LogP contribution in [0.5, 0.6) is 0 Å². The summed E-state index contributed by atoms with van der Waals surface area (Å²) >= 11 is 0. The van der Waals surface area contributed by atoms with E-state index in [0.29, 0.717) is 6.54 Å². The monoisotopic (exact) mass is 314 g/mol. The Labute approximate surface area is 134 Å². The molecule has 2 aromatic rings. The molecule has 0 unspecified atom stereocenters. The van der Waals surface area contributed by atoms with Gasteiger partial charge in [-0.3, -0.25) is 4.90 Å². The molecule has 1 amide bonds. The molecule has 0 saturated carbocycles. The standard InChI is InChI=1S/C18H19FN2O2/c1-13(2)3-8-17-12-21(18(22)23-17)16-9-10-20(11-16)15-6-4-14(19)5-7-15/h4-7,9-11,17H,1,3,8,12H2,2H3/t17-/m0/s1. The Hall–Kier alpha value is -2.56. The van der Waals surface area contributed by atoms with E-state index in [0.717, 1.165) is 29.8 Å². The highest BCUT2D eigenvalue weighted by Crippen LogP contribution is 2.25. The molecule has 1 fully saturated rings. The van der Waals surface area contributed by atoms with Gasteiger partial charge in [0.1, 0.15) is 11.9 Å². The van der Waals surface area contributed by atoms with Gasteiger partial charge in [0, 0.05) is 18.1 Å². The number of allylic oxidation sites excluding steroid dienone is 1. The Morgan fingerprint density at radius 3 is 2.74 bits per heavy atom. The molecule has 0 radical (unpaired) electrons. The van der Waals surface area contributed by atoms with Crippen molar-refractivity contribution in [1.82, 2.24) is 4.57 Å². The van der Waals surface area contributed by atoms with Gasteiger partial charge in [-0.15, -0.1) is 6.58 Å². The molecular weight excluding hydrogens is 295 g/mol. The Morgan fingerprint density at radius 2 is 2.04 bits per heavy atom. The Kier molecular flexibility index (Phi) is 4.19. The Balaban J connectivity index is 1.71. The second kappa shape index (κ2) is 6.28. The number of carbonyl (C=O) groups is 1. The predicted molar refractivity (Wildman–Crippen MR) is 87.4 cm³/mol. The van der Waals surface area contributed by atoms with E-state index in [1.165, 1.54) is 12.1 Å². The maximum absolute atomic E-state index is 13.0. The van der Waals surface area contributed by atoms with Crippen LogP contribution in [0.15, 0.2) is 54.9 Å². The number of benzene rings is 1. The molecule has 23 heavy (non-hydrogen) atoms. The molecule has 120 valence electrons. The minimum Gasteiger partial charge on any atom is -0.444 e. The maximum Gasteiger partial charge on any atom is 0.414 e. The molecule has 4 nitrogen and oxygen atoms in total. The number of rotatable bonds is 5. The second-order valence-corrected chi connectivity index (χ2v) is 5.87. The van der Waals surface area contributed by atoms with Crippen LogP contribution in [0.25, 0.3) is 5.69 Å². The zero-order chi connectivity index (χ0) is 16.4. The second-order valence-electron chi connectivity index (χ2n) is 5.87. The van der Waals surface area contributed by atoms with Gasteiger partial charge in [0.25, 0.3) is 0 Å². The smallest absolute Gasteiger partial charge is 0.414 e. The zero-order valence-electron chi connectivity index (χ0n) is 13.0. The molecule has 1 saturated heterocycles. The van der Waals surface area contributed by atoms with E-state index in [1.807, 2.05) is 30.0 Å². The maximum atomic E-state index is 13.0. The van der Waals surface area contributed by atoms with Crippen LogP contribution in [0.2, 0.25) is 0 Å². The summed E-state index contributed by atoms with van der Waals surface area (Å²) in [5.41, 5.74) is 2.70. The lowest BCUT2D eigenvalue weighted by atomic mass is 10.1. The number of anilines is 1. The third-order valence-electron chi connectivity index (χ3n) is 3.88. The number of aromatic nitrogens is 1. The normalized spacial score (nSPS) is 17.4. The number of cyclic esters (lactones) is 1. The van der Waals surface area contributed by atoms with Crippen LogP contribution in [0.4, 0.5) is 14.9 Å². The van der Waals surface area contributed by atoms with Gasteiger partial charge in [0.2, 0.25) is 0 Å². The van der Waals surface area contributed by atoms with Crippen molar-refractivity contribution in [3.8, 4) is 5.69 Å². The third-order valence-corrected chi connectivity index (χ3v) is 3.88. The van der Waals surface area contributed by atoms with Crippen LogP contribution < -0.4 is 4.90 Å². The summed E-state index contributed by atoms with van der Waals surface area (Å²) in [6.07, 6.45) is 4.90. The molecule has 1 atom stereocenters. The minimum atomic E-state index is -0.325. The molecule has 1 aliphatic rings. The first-order valence-electron chi connectivity index (χ1n) is 7.59. The highest BCUT2D eigenvalue weighted by molar-refractivity contribution is 5.89. The number of ether oxygens (including phenoxy) is 1. The van der Waals surface area contributed by atoms with E-state index >= 15 is 0 Å². The zero-order valence-corrected chi connectivity index (χ0v) is 13.0. The minimum absolute atomic E-state index is 0.103. The van der Waals surface area contributed by atoms with Crippen molar-refractivity contribution in [2.45, 2.75) is 25.9 Å². The van der Waals surface area contributed by atoms with Gasteiger partial charge >= 0.3 is 6.09 Å². The number of hydrogen-bond donors (Lipinski definition) is 0. The van der Waals surface area contributed by atoms with Crippen LogP contribution in [-0.4, -0.2) is 23.3 Å². The van der Waals surface area contributed by atoms with Crippen molar-refractivity contribution in [2.75, 3.05) is 11.4 Å². The summed E-state index contributed by atoms with van der Waals surface area (Å²) in [7, 11) is 0. The first-order valence-corrected chi connectivity index (χ1v) is 7.59. The summed E-state index contributed by atoms with van der Waals surface area (Å²) in [6, 6.07) is 8.06. The van der Waals surface area contributed by atoms with Gasteiger partial charge in [-0.2, -0.15) is 0 Å². The predicted octanol–water partition coefficient (Wildman–Crippen LogP) is 4.30. The number of amides is 1. The van der Waals surface area contributed by atoms with Gasteiger partial charge in [-0.05, 0) is 50.1 Å². The highest BCUT2D eigenvalue weighted by Gasteiger charge is 2.32. The van der Waals surface area contributed by atoms with Crippen molar-refractivity contribution in [3.05, 3.63) is 60.7 Å². The van der Waals surface area contributed by atoms with Crippen molar-refractivity contribution < 1.29 is 13.9 Å². The number of nitrogens with zero attached hydrogens (tertiary/aromatic N) is 2. The number of carbonyl (C=O) groups excluding carboxylic acids is 1. The molecule has 1 aromatic carbocycles. The van der Waals surface area contributed by atoms with E-state index < -0.39 is 0 Å². The number of hydrogen-bond acceptors (Lipinski definition) is 2. The Bertz CT molecular complexity index is 721. The third kappa shape index (κ3) is 3.44. The van der Waals surface area contributed by atoms with Gasteiger partial charge in [0.15, 0.2) is 0 Å². The van der Waals surface area contributed by atoms with E-state index in [2.05, 4.69) is 6.58 Å². The van der Waals surface area contributed by atoms with Crippen molar-refractivity contribution in [3.63, 3.8) is 0 Å². The average molecular weight is 314 g/mol. The van der Waals surface area contributed by atoms with Crippen LogP contribution in [0, 0.1) is 5.82 Å². The molecule has 1 aliphatic heterocycles. The van der Waals surface area contributed by atoms with E-state index in [1.54, 1.807) is 17.0 Å². The molecule has 5 heteroatoms. The van der Waals surface area contributed by atoms with Crippen molar-refractivity contribution in [2.24, 2.45) is 0 Å². The summed E-state index contributed by atoms with van der Waals surface area (Å²) in [4.78, 5) is 13.7. The first kappa shape index (κ1) is 15.3. The summed E-state index contributed by atoms with van der Waals surface area (Å²) < 4.78 is 20.2. The fourth-order valence-corrected chi connectivity index (χ4v) is 2.61. The fraction of sp³-hybridized carbons (Fsp3) is 0.278. The van der Waals surface area contributed by atoms with Crippen LogP contribution in [-0.2, 0) is 4.74 Å². The average Bonchev–Trinajstić information content (AvgIpc) is 3.12. The molecule has 0 N–H and O–H groups in total. The lowest BCUT2D eigenvalue weighted by Gasteiger charge is -2.10. The summed E-state index contributed by atoms with van der Waals surface area (Å²) in [5, 5.41) is 0. The van der Waals surface area contributed by atoms with E-state index in [9.17, 15) is 9.18 Å². The summed E-state index contributed by atoms with van der Waals surface area (Å²) in [5.74, 6) is -0.274. The van der Waals surface area contributed by atoms with E-state index in [-0.39, 0.29) is 18.0 Å². The van der Waals surface area contributed by atoms with Crippen molar-refractivity contribution >= 4 is 11.8 Å². The molecular formula is C18H19FN2O2. The van der Waals surface area contributed by atoms with Crippen LogP contribution >= 0.6 is 0 Å². The lowest BCUT2D eigenvalue weighted by molar-refractivity contribution is 0.137. The molecule has 0 aliphatic carbocycles. The molecule has 2 heterocycles. The van der Waals surface area contributed by atoms with Gasteiger partial charge in [-0.1, -0.05) is 5.57 Å².